The van der Waals surface area contributed by atoms with Crippen LogP contribution in [0.2, 0.25) is 0 Å². The van der Waals surface area contributed by atoms with Crippen LogP contribution in [0.25, 0.3) is 0 Å². The van der Waals surface area contributed by atoms with Gasteiger partial charge in [-0.1, -0.05) is 12.1 Å². The first-order chi connectivity index (χ1) is 8.95. The van der Waals surface area contributed by atoms with Crippen molar-refractivity contribution in [1.29, 1.82) is 0 Å². The van der Waals surface area contributed by atoms with Crippen molar-refractivity contribution in [3.8, 4) is 0 Å². The number of benzene rings is 1. The third kappa shape index (κ3) is 5.72. The van der Waals surface area contributed by atoms with Crippen LogP contribution in [0.1, 0.15) is 31.9 Å². The van der Waals surface area contributed by atoms with Crippen LogP contribution in [0.5, 0.6) is 0 Å². The van der Waals surface area contributed by atoms with Crippen molar-refractivity contribution in [3.63, 3.8) is 0 Å². The van der Waals surface area contributed by atoms with Gasteiger partial charge in [0, 0.05) is 25.5 Å². The summed E-state index contributed by atoms with van der Waals surface area (Å²) in [7, 11) is -3.11. The highest BCUT2D eigenvalue weighted by molar-refractivity contribution is 7.90. The van der Waals surface area contributed by atoms with Gasteiger partial charge >= 0.3 is 0 Å². The molecule has 1 unspecified atom stereocenters. The molecule has 1 aromatic rings. The molecule has 1 aromatic carbocycles. The fourth-order valence-electron chi connectivity index (χ4n) is 1.76. The van der Waals surface area contributed by atoms with Crippen molar-refractivity contribution in [3.05, 3.63) is 29.8 Å². The Morgan fingerprint density at radius 2 is 1.89 bits per heavy atom. The Morgan fingerprint density at radius 1 is 1.26 bits per heavy atom. The maximum absolute atomic E-state index is 11.4. The summed E-state index contributed by atoms with van der Waals surface area (Å²) < 4.78 is 28.0. The quantitative estimate of drug-likeness (QED) is 0.744. The minimum atomic E-state index is -3.11. The second-order valence-electron chi connectivity index (χ2n) is 4.57. The summed E-state index contributed by atoms with van der Waals surface area (Å²) in [5, 5.41) is 3.39. The molecule has 0 aromatic heterocycles. The summed E-state index contributed by atoms with van der Waals surface area (Å²) in [6, 6.07) is 7.23. The number of hydrogen-bond donors (Lipinski definition) is 1. The van der Waals surface area contributed by atoms with E-state index >= 15 is 0 Å². The molecule has 0 bridgehead atoms. The van der Waals surface area contributed by atoms with Crippen molar-refractivity contribution in [2.24, 2.45) is 0 Å². The van der Waals surface area contributed by atoms with Crippen molar-refractivity contribution in [2.75, 3.05) is 26.0 Å². The molecule has 108 valence electrons. The number of hydrogen-bond acceptors (Lipinski definition) is 4. The van der Waals surface area contributed by atoms with E-state index in [1.165, 1.54) is 6.26 Å². The Kier molecular flexibility index (Phi) is 6.48. The Hall–Kier alpha value is -0.910. The van der Waals surface area contributed by atoms with Gasteiger partial charge in [-0.15, -0.1) is 0 Å². The second-order valence-corrected chi connectivity index (χ2v) is 6.58. The predicted octanol–water partition coefficient (Wildman–Crippen LogP) is 2.17. The Labute approximate surface area is 116 Å². The first-order valence-corrected chi connectivity index (χ1v) is 8.45. The summed E-state index contributed by atoms with van der Waals surface area (Å²) >= 11 is 0. The summed E-state index contributed by atoms with van der Waals surface area (Å²) in [5.41, 5.74) is 1.09. The molecule has 19 heavy (non-hydrogen) atoms. The average molecular weight is 285 g/mol. The van der Waals surface area contributed by atoms with E-state index in [-0.39, 0.29) is 6.04 Å². The highest BCUT2D eigenvalue weighted by Crippen LogP contribution is 2.16. The van der Waals surface area contributed by atoms with Crippen LogP contribution in [-0.4, -0.2) is 34.4 Å². The molecule has 0 aliphatic heterocycles. The lowest BCUT2D eigenvalue weighted by Gasteiger charge is -2.14. The molecule has 0 fully saturated rings. The van der Waals surface area contributed by atoms with E-state index in [0.717, 1.165) is 31.7 Å². The number of ether oxygens (including phenoxy) is 1. The maximum Gasteiger partial charge on any atom is 0.175 e. The lowest BCUT2D eigenvalue weighted by atomic mass is 10.1. The van der Waals surface area contributed by atoms with Gasteiger partial charge in [-0.25, -0.2) is 8.42 Å². The zero-order valence-electron chi connectivity index (χ0n) is 11.8. The van der Waals surface area contributed by atoms with E-state index in [2.05, 4.69) is 12.2 Å². The van der Waals surface area contributed by atoms with Gasteiger partial charge in [-0.05, 0) is 44.5 Å². The average Bonchev–Trinajstić information content (AvgIpc) is 2.37. The van der Waals surface area contributed by atoms with E-state index in [9.17, 15) is 8.42 Å². The van der Waals surface area contributed by atoms with Gasteiger partial charge in [0.2, 0.25) is 0 Å². The number of rotatable bonds is 8. The standard InChI is InChI=1S/C14H23NO3S/c1-4-18-11-5-10-15-12(2)13-6-8-14(9-7-13)19(3,16)17/h6-9,12,15H,4-5,10-11H2,1-3H3. The van der Waals surface area contributed by atoms with E-state index in [1.807, 2.05) is 19.1 Å². The molecule has 0 aliphatic rings. The molecule has 4 nitrogen and oxygen atoms in total. The highest BCUT2D eigenvalue weighted by atomic mass is 32.2. The van der Waals surface area contributed by atoms with E-state index in [1.54, 1.807) is 12.1 Å². The topological polar surface area (TPSA) is 55.4 Å². The minimum Gasteiger partial charge on any atom is -0.382 e. The van der Waals surface area contributed by atoms with Gasteiger partial charge in [-0.2, -0.15) is 0 Å². The number of nitrogens with one attached hydrogen (secondary N) is 1. The third-order valence-corrected chi connectivity index (χ3v) is 4.06. The van der Waals surface area contributed by atoms with Crippen LogP contribution in [0.15, 0.2) is 29.2 Å². The van der Waals surface area contributed by atoms with Crippen LogP contribution in [0.4, 0.5) is 0 Å². The van der Waals surface area contributed by atoms with Gasteiger partial charge < -0.3 is 10.1 Å². The molecule has 5 heteroatoms. The lowest BCUT2D eigenvalue weighted by Crippen LogP contribution is -2.21. The van der Waals surface area contributed by atoms with Crippen molar-refractivity contribution >= 4 is 9.84 Å². The van der Waals surface area contributed by atoms with Crippen LogP contribution in [0.3, 0.4) is 0 Å². The van der Waals surface area contributed by atoms with Crippen LogP contribution >= 0.6 is 0 Å². The summed E-state index contributed by atoms with van der Waals surface area (Å²) in [5.74, 6) is 0. The van der Waals surface area contributed by atoms with E-state index in [4.69, 9.17) is 4.74 Å². The molecule has 0 saturated heterocycles. The Bertz CT molecular complexity index is 468. The number of sulfone groups is 1. The first kappa shape index (κ1) is 16.1. The molecule has 1 N–H and O–H groups in total. The second kappa shape index (κ2) is 7.62. The Morgan fingerprint density at radius 3 is 2.42 bits per heavy atom. The molecule has 0 saturated carbocycles. The van der Waals surface area contributed by atoms with Gasteiger partial charge in [0.1, 0.15) is 0 Å². The molecule has 1 atom stereocenters. The Balaban J connectivity index is 2.47. The van der Waals surface area contributed by atoms with Crippen LogP contribution in [0, 0.1) is 0 Å². The van der Waals surface area contributed by atoms with Crippen molar-refractivity contribution in [1.82, 2.24) is 5.32 Å². The molecule has 0 spiro atoms. The van der Waals surface area contributed by atoms with Gasteiger partial charge in [0.15, 0.2) is 9.84 Å². The van der Waals surface area contributed by atoms with E-state index in [0.29, 0.717) is 4.90 Å². The zero-order chi connectivity index (χ0) is 14.3. The largest absolute Gasteiger partial charge is 0.382 e. The van der Waals surface area contributed by atoms with Crippen molar-refractivity contribution < 1.29 is 13.2 Å². The molecule has 0 aliphatic carbocycles. The summed E-state index contributed by atoms with van der Waals surface area (Å²) in [4.78, 5) is 0.361. The van der Waals surface area contributed by atoms with Crippen LogP contribution < -0.4 is 5.32 Å². The van der Waals surface area contributed by atoms with Crippen molar-refractivity contribution in [2.45, 2.75) is 31.2 Å². The molecular formula is C14H23NO3S. The SMILES string of the molecule is CCOCCCNC(C)c1ccc(S(C)(=O)=O)cc1. The fraction of sp³-hybridized carbons (Fsp3) is 0.571. The van der Waals surface area contributed by atoms with Gasteiger partial charge in [0.05, 0.1) is 4.90 Å². The monoisotopic (exact) mass is 285 g/mol. The maximum atomic E-state index is 11.4. The molecule has 0 heterocycles. The minimum absolute atomic E-state index is 0.204. The zero-order valence-corrected chi connectivity index (χ0v) is 12.7. The predicted molar refractivity (Wildman–Crippen MR) is 77.1 cm³/mol. The van der Waals surface area contributed by atoms with Crippen LogP contribution in [-0.2, 0) is 14.6 Å². The molecule has 0 amide bonds. The lowest BCUT2D eigenvalue weighted by molar-refractivity contribution is 0.144. The normalized spacial score (nSPS) is 13.4. The molecule has 1 rings (SSSR count). The molecule has 0 radical (unpaired) electrons. The van der Waals surface area contributed by atoms with Gasteiger partial charge in [0.25, 0.3) is 0 Å². The van der Waals surface area contributed by atoms with Gasteiger partial charge in [-0.3, -0.25) is 0 Å². The fourth-order valence-corrected chi connectivity index (χ4v) is 2.39. The first-order valence-electron chi connectivity index (χ1n) is 6.56. The smallest absolute Gasteiger partial charge is 0.175 e. The third-order valence-electron chi connectivity index (χ3n) is 2.93. The highest BCUT2D eigenvalue weighted by Gasteiger charge is 2.08. The summed E-state index contributed by atoms with van der Waals surface area (Å²) in [6.07, 6.45) is 2.19. The summed E-state index contributed by atoms with van der Waals surface area (Å²) in [6.45, 7) is 6.45. The van der Waals surface area contributed by atoms with E-state index < -0.39 is 9.84 Å². The molecular weight excluding hydrogens is 262 g/mol.